The summed E-state index contributed by atoms with van der Waals surface area (Å²) in [6.07, 6.45) is 0.523. The predicted molar refractivity (Wildman–Crippen MR) is 103 cm³/mol. The second-order valence-corrected chi connectivity index (χ2v) is 7.14. The van der Waals surface area contributed by atoms with Crippen molar-refractivity contribution < 1.29 is 14.3 Å². The molecule has 2 atom stereocenters. The Bertz CT molecular complexity index is 882. The highest BCUT2D eigenvalue weighted by Crippen LogP contribution is 2.51. The Kier molecular flexibility index (Phi) is 4.87. The molecule has 1 amide bonds. The summed E-state index contributed by atoms with van der Waals surface area (Å²) in [6.45, 7) is 3.25. The van der Waals surface area contributed by atoms with Gasteiger partial charge >= 0.3 is 5.97 Å². The topological polar surface area (TPSA) is 79.2 Å². The number of amides is 1. The molecule has 5 nitrogen and oxygen atoms in total. The van der Waals surface area contributed by atoms with Crippen LogP contribution in [-0.4, -0.2) is 17.0 Å². The standard InChI is InChI=1S/C20H20N2O3S/c1-12(23)25-15-9-8-14-11-20(2,18(24)22-19(21)26)17(16(14)10-15)13-6-4-3-5-7-13/h3-10,17H,11H2,1-2H3,(H3,21,22,24,26)/t17-,20+/m0/s1. The van der Waals surface area contributed by atoms with Crippen LogP contribution in [0.5, 0.6) is 5.75 Å². The molecule has 0 radical (unpaired) electrons. The van der Waals surface area contributed by atoms with E-state index in [1.807, 2.05) is 49.4 Å². The lowest BCUT2D eigenvalue weighted by Crippen LogP contribution is -2.43. The van der Waals surface area contributed by atoms with E-state index in [9.17, 15) is 9.59 Å². The van der Waals surface area contributed by atoms with Crippen LogP contribution in [0.2, 0.25) is 0 Å². The van der Waals surface area contributed by atoms with Crippen LogP contribution in [0, 0.1) is 10.8 Å². The third-order valence-corrected chi connectivity index (χ3v) is 4.88. The highest BCUT2D eigenvalue weighted by atomic mass is 32.1. The molecule has 0 saturated carbocycles. The fraction of sp³-hybridized carbons (Fsp3) is 0.250. The SMILES string of the molecule is CC(=O)Oc1ccc2c(c1)[C@H](c1ccccc1)[C@](C)(C(=O)NC(=N)S)C2. The molecule has 6 heteroatoms. The number of carbonyl (C=O) groups excluding carboxylic acids is 2. The summed E-state index contributed by atoms with van der Waals surface area (Å²) in [6, 6.07) is 15.2. The number of ether oxygens (including phenoxy) is 1. The number of carbonyl (C=O) groups is 2. The highest BCUT2D eigenvalue weighted by molar-refractivity contribution is 7.96. The lowest BCUT2D eigenvalue weighted by molar-refractivity contribution is -0.132. The van der Waals surface area contributed by atoms with E-state index in [-0.39, 0.29) is 23.0 Å². The van der Waals surface area contributed by atoms with Crippen LogP contribution in [0.3, 0.4) is 0 Å². The lowest BCUT2D eigenvalue weighted by atomic mass is 9.73. The number of fused-ring (bicyclic) bond motifs is 1. The van der Waals surface area contributed by atoms with Gasteiger partial charge in [0.25, 0.3) is 0 Å². The fourth-order valence-corrected chi connectivity index (χ4v) is 3.83. The number of nitrogens with one attached hydrogen (secondary N) is 2. The normalized spacial score (nSPS) is 21.0. The summed E-state index contributed by atoms with van der Waals surface area (Å²) >= 11 is 3.89. The number of benzene rings is 2. The van der Waals surface area contributed by atoms with Gasteiger partial charge in [0.05, 0.1) is 5.41 Å². The van der Waals surface area contributed by atoms with E-state index < -0.39 is 5.41 Å². The molecule has 2 aromatic rings. The molecule has 0 bridgehead atoms. The largest absolute Gasteiger partial charge is 0.427 e. The molecule has 1 aliphatic carbocycles. The van der Waals surface area contributed by atoms with Gasteiger partial charge in [-0.25, -0.2) is 0 Å². The monoisotopic (exact) mass is 368 g/mol. The molecule has 0 fully saturated rings. The van der Waals surface area contributed by atoms with Gasteiger partial charge in [0.1, 0.15) is 5.75 Å². The van der Waals surface area contributed by atoms with Crippen molar-refractivity contribution in [3.05, 3.63) is 65.2 Å². The fourth-order valence-electron chi connectivity index (χ4n) is 3.73. The number of hydrogen-bond donors (Lipinski definition) is 3. The summed E-state index contributed by atoms with van der Waals surface area (Å²) in [4.78, 5) is 24.2. The summed E-state index contributed by atoms with van der Waals surface area (Å²) in [5.74, 6) is -0.398. The van der Waals surface area contributed by atoms with Crippen LogP contribution in [0.25, 0.3) is 0 Å². The van der Waals surface area contributed by atoms with E-state index in [4.69, 9.17) is 10.1 Å². The van der Waals surface area contributed by atoms with Gasteiger partial charge in [-0.15, -0.1) is 12.6 Å². The lowest BCUT2D eigenvalue weighted by Gasteiger charge is -2.31. The van der Waals surface area contributed by atoms with Crippen molar-refractivity contribution in [2.45, 2.75) is 26.2 Å². The van der Waals surface area contributed by atoms with Gasteiger partial charge in [-0.05, 0) is 42.2 Å². The van der Waals surface area contributed by atoms with Crippen molar-refractivity contribution in [2.24, 2.45) is 5.41 Å². The maximum absolute atomic E-state index is 12.9. The zero-order valence-electron chi connectivity index (χ0n) is 14.6. The summed E-state index contributed by atoms with van der Waals surface area (Å²) in [5.41, 5.74) is 2.19. The van der Waals surface area contributed by atoms with Crippen molar-refractivity contribution in [1.82, 2.24) is 5.32 Å². The predicted octanol–water partition coefficient (Wildman–Crippen LogP) is 3.29. The van der Waals surface area contributed by atoms with Gasteiger partial charge in [0.2, 0.25) is 5.91 Å². The van der Waals surface area contributed by atoms with Crippen molar-refractivity contribution in [1.29, 1.82) is 5.41 Å². The minimum Gasteiger partial charge on any atom is -0.427 e. The summed E-state index contributed by atoms with van der Waals surface area (Å²) in [5, 5.41) is 9.84. The molecule has 0 saturated heterocycles. The molecule has 134 valence electrons. The van der Waals surface area contributed by atoms with E-state index in [2.05, 4.69) is 17.9 Å². The van der Waals surface area contributed by atoms with E-state index in [0.29, 0.717) is 12.2 Å². The van der Waals surface area contributed by atoms with Crippen molar-refractivity contribution >= 4 is 29.7 Å². The molecule has 1 aliphatic rings. The Morgan fingerprint density at radius 2 is 1.92 bits per heavy atom. The number of esters is 1. The minimum absolute atomic E-state index is 0.181. The molecule has 0 spiro atoms. The quantitative estimate of drug-likeness (QED) is 0.256. The van der Waals surface area contributed by atoms with Gasteiger partial charge in [-0.2, -0.15) is 0 Å². The van der Waals surface area contributed by atoms with E-state index in [1.165, 1.54) is 6.92 Å². The number of thiol groups is 1. The highest BCUT2D eigenvalue weighted by Gasteiger charge is 2.49. The first-order chi connectivity index (χ1) is 12.3. The number of rotatable bonds is 3. The smallest absolute Gasteiger partial charge is 0.308 e. The zero-order valence-corrected chi connectivity index (χ0v) is 15.5. The third-order valence-electron chi connectivity index (χ3n) is 4.77. The Labute approximate surface area is 157 Å². The van der Waals surface area contributed by atoms with Crippen LogP contribution >= 0.6 is 12.6 Å². The Balaban J connectivity index is 2.11. The number of hydrogen-bond acceptors (Lipinski definition) is 4. The summed E-state index contributed by atoms with van der Waals surface area (Å²) in [7, 11) is 0. The average Bonchev–Trinajstić information content (AvgIpc) is 2.87. The molecular weight excluding hydrogens is 348 g/mol. The van der Waals surface area contributed by atoms with Gasteiger partial charge in [-0.1, -0.05) is 36.4 Å². The van der Waals surface area contributed by atoms with Crippen molar-refractivity contribution in [3.8, 4) is 5.75 Å². The molecule has 26 heavy (non-hydrogen) atoms. The molecule has 0 aliphatic heterocycles. The maximum Gasteiger partial charge on any atom is 0.308 e. The average molecular weight is 368 g/mol. The number of amidine groups is 1. The second kappa shape index (κ2) is 6.96. The van der Waals surface area contributed by atoms with Crippen LogP contribution in [0.4, 0.5) is 0 Å². The Morgan fingerprint density at radius 1 is 1.23 bits per heavy atom. The summed E-state index contributed by atoms with van der Waals surface area (Å²) < 4.78 is 5.23. The first-order valence-corrected chi connectivity index (χ1v) is 8.71. The van der Waals surface area contributed by atoms with Gasteiger partial charge < -0.3 is 10.1 Å². The first-order valence-electron chi connectivity index (χ1n) is 8.26. The molecule has 3 rings (SSSR count). The molecular formula is C20H20N2O3S. The first kappa shape index (κ1) is 18.2. The third kappa shape index (κ3) is 3.37. The van der Waals surface area contributed by atoms with Crippen LogP contribution < -0.4 is 10.1 Å². The maximum atomic E-state index is 12.9. The Morgan fingerprint density at radius 3 is 2.54 bits per heavy atom. The van der Waals surface area contributed by atoms with Gasteiger partial charge in [0.15, 0.2) is 5.17 Å². The Hall–Kier alpha value is -2.60. The van der Waals surface area contributed by atoms with Crippen LogP contribution in [0.1, 0.15) is 36.5 Å². The molecule has 2 aromatic carbocycles. The molecule has 2 N–H and O–H groups in total. The van der Waals surface area contributed by atoms with Crippen LogP contribution in [0.15, 0.2) is 48.5 Å². The second-order valence-electron chi connectivity index (χ2n) is 6.69. The van der Waals surface area contributed by atoms with Crippen molar-refractivity contribution in [3.63, 3.8) is 0 Å². The van der Waals surface area contributed by atoms with Crippen LogP contribution in [-0.2, 0) is 16.0 Å². The van der Waals surface area contributed by atoms with Gasteiger partial charge in [-0.3, -0.25) is 15.0 Å². The molecule has 0 aromatic heterocycles. The molecule has 0 unspecified atom stereocenters. The van der Waals surface area contributed by atoms with Gasteiger partial charge in [0, 0.05) is 12.8 Å². The van der Waals surface area contributed by atoms with E-state index >= 15 is 0 Å². The molecule has 0 heterocycles. The minimum atomic E-state index is -0.784. The van der Waals surface area contributed by atoms with E-state index in [0.717, 1.165) is 16.7 Å². The van der Waals surface area contributed by atoms with E-state index in [1.54, 1.807) is 6.07 Å². The van der Waals surface area contributed by atoms with Crippen molar-refractivity contribution in [2.75, 3.05) is 0 Å². The zero-order chi connectivity index (χ0) is 18.9.